The quantitative estimate of drug-likeness (QED) is 0.197. The maximum absolute atomic E-state index is 12.1. The molecule has 0 aliphatic heterocycles. The molecule has 0 spiro atoms. The van der Waals surface area contributed by atoms with E-state index in [0.717, 1.165) is 16.7 Å². The molecule has 0 bridgehead atoms. The van der Waals surface area contributed by atoms with E-state index >= 15 is 0 Å². The van der Waals surface area contributed by atoms with E-state index < -0.39 is 5.60 Å². The van der Waals surface area contributed by atoms with Crippen molar-refractivity contribution in [2.24, 2.45) is 11.8 Å². The largest absolute Gasteiger partial charge is 0.463 e. The third-order valence-corrected chi connectivity index (χ3v) is 6.11. The van der Waals surface area contributed by atoms with Gasteiger partial charge in [0.2, 0.25) is 0 Å². The van der Waals surface area contributed by atoms with Crippen LogP contribution in [0.3, 0.4) is 0 Å². The Kier molecular flexibility index (Phi) is 8.62. The van der Waals surface area contributed by atoms with Crippen LogP contribution < -0.4 is 0 Å². The number of benzene rings is 3. The van der Waals surface area contributed by atoms with E-state index in [-0.39, 0.29) is 17.8 Å². The van der Waals surface area contributed by atoms with Crippen LogP contribution in [0.5, 0.6) is 0 Å². The summed E-state index contributed by atoms with van der Waals surface area (Å²) in [6.45, 7) is 8.81. The van der Waals surface area contributed by atoms with Gasteiger partial charge < -0.3 is 9.47 Å². The third kappa shape index (κ3) is 5.80. The number of ether oxygens (including phenoxy) is 2. The molecule has 0 radical (unpaired) electrons. The minimum atomic E-state index is -0.738. The minimum absolute atomic E-state index is 0.148. The van der Waals surface area contributed by atoms with E-state index in [0.29, 0.717) is 18.8 Å². The zero-order valence-corrected chi connectivity index (χ0v) is 20.0. The maximum Gasteiger partial charge on any atom is 0.333 e. The summed E-state index contributed by atoms with van der Waals surface area (Å²) >= 11 is 0. The van der Waals surface area contributed by atoms with E-state index in [1.54, 1.807) is 0 Å². The number of esters is 1. The molecule has 3 heteroatoms. The molecule has 3 aromatic carbocycles. The first-order valence-corrected chi connectivity index (χ1v) is 11.6. The second kappa shape index (κ2) is 11.6. The van der Waals surface area contributed by atoms with Crippen molar-refractivity contribution in [2.75, 3.05) is 13.2 Å². The van der Waals surface area contributed by atoms with Crippen LogP contribution in [0.25, 0.3) is 0 Å². The summed E-state index contributed by atoms with van der Waals surface area (Å²) in [6.07, 6.45) is 1.99. The summed E-state index contributed by atoms with van der Waals surface area (Å²) in [5.74, 6) is 0.0731. The lowest BCUT2D eigenvalue weighted by Crippen LogP contribution is -2.35. The maximum atomic E-state index is 12.1. The molecule has 3 nitrogen and oxygen atoms in total. The summed E-state index contributed by atoms with van der Waals surface area (Å²) in [5, 5.41) is 0. The van der Waals surface area contributed by atoms with Crippen molar-refractivity contribution in [1.29, 1.82) is 0 Å². The van der Waals surface area contributed by atoms with Gasteiger partial charge in [-0.3, -0.25) is 0 Å². The first-order chi connectivity index (χ1) is 16.0. The highest BCUT2D eigenvalue weighted by molar-refractivity contribution is 5.87. The number of carbonyl (C=O) groups is 1. The standard InChI is InChI=1S/C30H34O3/c1-5-32-29(31)24(3)21-23(2)25(4)22-33-30(26-15-9-6-10-16-26,27-17-11-7-12-18-27)28-19-13-8-14-20-28/h6-21,23,25H,5,22H2,1-4H3/b24-21+/t23-,25-/m0/s1. The normalized spacial score (nSPS) is 13.9. The molecule has 0 unspecified atom stereocenters. The van der Waals surface area contributed by atoms with Crippen molar-refractivity contribution < 1.29 is 14.3 Å². The SMILES string of the molecule is CCOC(=O)/C(C)=C/[C@H](C)[C@@H](C)COC(c1ccccc1)(c1ccccc1)c1ccccc1. The van der Waals surface area contributed by atoms with Crippen molar-refractivity contribution in [3.8, 4) is 0 Å². The van der Waals surface area contributed by atoms with Crippen molar-refractivity contribution in [3.05, 3.63) is 119 Å². The Hall–Kier alpha value is -3.17. The average Bonchev–Trinajstić information content (AvgIpc) is 2.86. The van der Waals surface area contributed by atoms with Crippen LogP contribution in [0.4, 0.5) is 0 Å². The minimum Gasteiger partial charge on any atom is -0.463 e. The summed E-state index contributed by atoms with van der Waals surface area (Å²) in [5.41, 5.74) is 3.15. The first kappa shape index (κ1) is 24.5. The predicted molar refractivity (Wildman–Crippen MR) is 134 cm³/mol. The zero-order chi connectivity index (χ0) is 23.7. The summed E-state index contributed by atoms with van der Waals surface area (Å²) in [7, 11) is 0. The molecule has 0 saturated heterocycles. The highest BCUT2D eigenvalue weighted by Crippen LogP contribution is 2.41. The highest BCUT2D eigenvalue weighted by Gasteiger charge is 2.38. The molecular formula is C30H34O3. The van der Waals surface area contributed by atoms with Crippen LogP contribution in [-0.2, 0) is 19.9 Å². The molecule has 3 aromatic rings. The van der Waals surface area contributed by atoms with Crippen molar-refractivity contribution in [3.63, 3.8) is 0 Å². The van der Waals surface area contributed by atoms with Crippen LogP contribution in [0.2, 0.25) is 0 Å². The summed E-state index contributed by atoms with van der Waals surface area (Å²) in [6, 6.07) is 31.1. The van der Waals surface area contributed by atoms with Gasteiger partial charge >= 0.3 is 5.97 Å². The highest BCUT2D eigenvalue weighted by atomic mass is 16.5. The van der Waals surface area contributed by atoms with E-state index in [9.17, 15) is 4.79 Å². The molecule has 0 fully saturated rings. The summed E-state index contributed by atoms with van der Waals surface area (Å²) < 4.78 is 12.0. The molecule has 0 aliphatic carbocycles. The van der Waals surface area contributed by atoms with Gasteiger partial charge in [0.05, 0.1) is 13.2 Å². The van der Waals surface area contributed by atoms with E-state index in [1.165, 1.54) is 0 Å². The van der Waals surface area contributed by atoms with Crippen LogP contribution in [0, 0.1) is 11.8 Å². The molecule has 0 heterocycles. The zero-order valence-electron chi connectivity index (χ0n) is 20.0. The Balaban J connectivity index is 1.97. The molecule has 3 rings (SSSR count). The van der Waals surface area contributed by atoms with Gasteiger partial charge in [0.1, 0.15) is 5.60 Å². The number of hydrogen-bond donors (Lipinski definition) is 0. The van der Waals surface area contributed by atoms with Crippen molar-refractivity contribution in [1.82, 2.24) is 0 Å². The van der Waals surface area contributed by atoms with E-state index in [4.69, 9.17) is 9.47 Å². The van der Waals surface area contributed by atoms with Gasteiger partial charge in [0.25, 0.3) is 0 Å². The van der Waals surface area contributed by atoms with Gasteiger partial charge in [-0.1, -0.05) is 111 Å². The summed E-state index contributed by atoms with van der Waals surface area (Å²) in [4.78, 5) is 12.1. The van der Waals surface area contributed by atoms with Crippen LogP contribution in [0.1, 0.15) is 44.4 Å². The van der Waals surface area contributed by atoms with Crippen LogP contribution in [0.15, 0.2) is 103 Å². The number of allylic oxidation sites excluding steroid dienone is 1. The topological polar surface area (TPSA) is 35.5 Å². The van der Waals surface area contributed by atoms with Crippen LogP contribution in [-0.4, -0.2) is 19.2 Å². The Bertz CT molecular complexity index is 929. The Morgan fingerprint density at radius 2 is 1.24 bits per heavy atom. The monoisotopic (exact) mass is 442 g/mol. The third-order valence-electron chi connectivity index (χ3n) is 6.11. The van der Waals surface area contributed by atoms with E-state index in [1.807, 2.05) is 38.1 Å². The smallest absolute Gasteiger partial charge is 0.333 e. The van der Waals surface area contributed by atoms with Crippen LogP contribution >= 0.6 is 0 Å². The molecule has 0 aromatic heterocycles. The Labute approximate surface area is 198 Å². The first-order valence-electron chi connectivity index (χ1n) is 11.6. The fourth-order valence-corrected chi connectivity index (χ4v) is 4.05. The van der Waals surface area contributed by atoms with Gasteiger partial charge in [-0.15, -0.1) is 0 Å². The lowest BCUT2D eigenvalue weighted by atomic mass is 9.80. The Morgan fingerprint density at radius 3 is 1.64 bits per heavy atom. The fraction of sp³-hybridized carbons (Fsp3) is 0.300. The number of rotatable bonds is 10. The lowest BCUT2D eigenvalue weighted by Gasteiger charge is -2.37. The van der Waals surface area contributed by atoms with Gasteiger partial charge in [-0.05, 0) is 42.4 Å². The van der Waals surface area contributed by atoms with Crippen molar-refractivity contribution >= 4 is 5.97 Å². The second-order valence-electron chi connectivity index (χ2n) is 8.50. The predicted octanol–water partition coefficient (Wildman–Crippen LogP) is 6.78. The number of hydrogen-bond acceptors (Lipinski definition) is 3. The van der Waals surface area contributed by atoms with E-state index in [2.05, 4.69) is 86.6 Å². The molecule has 2 atom stereocenters. The molecule has 0 amide bonds. The van der Waals surface area contributed by atoms with Crippen molar-refractivity contribution in [2.45, 2.75) is 33.3 Å². The molecular weight excluding hydrogens is 408 g/mol. The van der Waals surface area contributed by atoms with Gasteiger partial charge in [0, 0.05) is 5.57 Å². The molecule has 0 saturated carbocycles. The molecule has 0 N–H and O–H groups in total. The molecule has 172 valence electrons. The molecule has 0 aliphatic rings. The second-order valence-corrected chi connectivity index (χ2v) is 8.50. The van der Waals surface area contributed by atoms with Gasteiger partial charge in [-0.25, -0.2) is 4.79 Å². The van der Waals surface area contributed by atoms with Gasteiger partial charge in [0.15, 0.2) is 0 Å². The Morgan fingerprint density at radius 1 is 0.818 bits per heavy atom. The fourth-order valence-electron chi connectivity index (χ4n) is 4.05. The van der Waals surface area contributed by atoms with Gasteiger partial charge in [-0.2, -0.15) is 0 Å². The lowest BCUT2D eigenvalue weighted by molar-refractivity contribution is -0.138. The number of carbonyl (C=O) groups excluding carboxylic acids is 1. The molecule has 33 heavy (non-hydrogen) atoms. The average molecular weight is 443 g/mol.